The smallest absolute Gasteiger partial charge is 0.276 e. The minimum absolute atomic E-state index is 0.00734. The average molecular weight is 341 g/mol. The van der Waals surface area contributed by atoms with Gasteiger partial charge in [0.15, 0.2) is 11.5 Å². The van der Waals surface area contributed by atoms with Gasteiger partial charge in [-0.2, -0.15) is 0 Å². The number of aryl methyl sites for hydroxylation is 1. The summed E-state index contributed by atoms with van der Waals surface area (Å²) in [5, 5.41) is 12.9. The van der Waals surface area contributed by atoms with Crippen molar-refractivity contribution in [2.75, 3.05) is 6.54 Å². The molecule has 1 amide bonds. The van der Waals surface area contributed by atoms with Crippen LogP contribution in [0.5, 0.6) is 0 Å². The summed E-state index contributed by atoms with van der Waals surface area (Å²) in [5.74, 6) is 3.31. The molecule has 3 aliphatic rings. The minimum Gasteiger partial charge on any atom is -0.360 e. The standard InChI is InChI=1S/C18H23N5O2/c24-18(13-11-15(25-21-13)12-7-8-12)22-10-4-5-14(22)17-20-19-16-6-2-1-3-9-23(16)17/h11-12,14H,1-10H2/t14-/m1/s1. The second kappa shape index (κ2) is 5.97. The molecule has 132 valence electrons. The Morgan fingerprint density at radius 1 is 1.08 bits per heavy atom. The van der Waals surface area contributed by atoms with Crippen LogP contribution in [0.3, 0.4) is 0 Å². The topological polar surface area (TPSA) is 77.1 Å². The molecule has 5 rings (SSSR count). The van der Waals surface area contributed by atoms with Crippen LogP contribution < -0.4 is 0 Å². The summed E-state index contributed by atoms with van der Waals surface area (Å²) in [6, 6.07) is 1.84. The van der Waals surface area contributed by atoms with E-state index in [1.807, 2.05) is 11.0 Å². The van der Waals surface area contributed by atoms with Crippen LogP contribution in [0.2, 0.25) is 0 Å². The average Bonchev–Trinajstić information content (AvgIpc) is 3.06. The Balaban J connectivity index is 1.41. The summed E-state index contributed by atoms with van der Waals surface area (Å²) >= 11 is 0. The second-order valence-corrected chi connectivity index (χ2v) is 7.48. The second-order valence-electron chi connectivity index (χ2n) is 7.48. The van der Waals surface area contributed by atoms with Gasteiger partial charge in [0.25, 0.3) is 5.91 Å². The molecule has 2 aromatic rings. The normalized spacial score (nSPS) is 23.5. The lowest BCUT2D eigenvalue weighted by molar-refractivity contribution is 0.0716. The number of fused-ring (bicyclic) bond motifs is 1. The molecule has 4 heterocycles. The number of aromatic nitrogens is 4. The lowest BCUT2D eigenvalue weighted by atomic mass is 10.2. The highest BCUT2D eigenvalue weighted by Crippen LogP contribution is 2.40. The predicted octanol–water partition coefficient (Wildman–Crippen LogP) is 2.85. The van der Waals surface area contributed by atoms with Gasteiger partial charge in [0.1, 0.15) is 11.6 Å². The SMILES string of the molecule is O=C(c1cc(C2CC2)on1)N1CCC[C@@H]1c1nnc2n1CCCCC2. The van der Waals surface area contributed by atoms with Crippen molar-refractivity contribution in [1.82, 2.24) is 24.8 Å². The van der Waals surface area contributed by atoms with Crippen LogP contribution in [0.4, 0.5) is 0 Å². The van der Waals surface area contributed by atoms with Crippen molar-refractivity contribution in [1.29, 1.82) is 0 Å². The molecule has 0 unspecified atom stereocenters. The summed E-state index contributed by atoms with van der Waals surface area (Å²) in [4.78, 5) is 14.9. The highest BCUT2D eigenvalue weighted by Gasteiger charge is 2.37. The van der Waals surface area contributed by atoms with Gasteiger partial charge < -0.3 is 14.0 Å². The number of amides is 1. The van der Waals surface area contributed by atoms with E-state index in [-0.39, 0.29) is 11.9 Å². The maximum Gasteiger partial charge on any atom is 0.276 e. The predicted molar refractivity (Wildman–Crippen MR) is 89.1 cm³/mol. The van der Waals surface area contributed by atoms with Crippen LogP contribution >= 0.6 is 0 Å². The molecule has 0 bridgehead atoms. The molecule has 2 fully saturated rings. The Labute approximate surface area is 146 Å². The Hall–Kier alpha value is -2.18. The molecular weight excluding hydrogens is 318 g/mol. The number of carbonyl (C=O) groups excluding carboxylic acids is 1. The summed E-state index contributed by atoms with van der Waals surface area (Å²) < 4.78 is 7.62. The minimum atomic E-state index is -0.0379. The van der Waals surface area contributed by atoms with Crippen molar-refractivity contribution in [2.24, 2.45) is 0 Å². The number of likely N-dealkylation sites (tertiary alicyclic amines) is 1. The van der Waals surface area contributed by atoms with Gasteiger partial charge in [-0.25, -0.2) is 0 Å². The molecule has 2 aliphatic heterocycles. The molecule has 0 N–H and O–H groups in total. The number of nitrogens with zero attached hydrogens (tertiary/aromatic N) is 5. The third-order valence-electron chi connectivity index (χ3n) is 5.68. The lowest BCUT2D eigenvalue weighted by Crippen LogP contribution is -2.32. The van der Waals surface area contributed by atoms with Crippen LogP contribution in [-0.4, -0.2) is 37.3 Å². The fourth-order valence-electron chi connectivity index (χ4n) is 4.13. The summed E-state index contributed by atoms with van der Waals surface area (Å²) in [7, 11) is 0. The quantitative estimate of drug-likeness (QED) is 0.858. The third-order valence-corrected chi connectivity index (χ3v) is 5.68. The van der Waals surface area contributed by atoms with Crippen molar-refractivity contribution in [2.45, 2.75) is 69.9 Å². The Bertz CT molecular complexity index is 791. The van der Waals surface area contributed by atoms with Crippen LogP contribution in [0.15, 0.2) is 10.6 Å². The number of carbonyl (C=O) groups is 1. The van der Waals surface area contributed by atoms with Crippen LogP contribution in [-0.2, 0) is 13.0 Å². The molecule has 0 spiro atoms. The van der Waals surface area contributed by atoms with E-state index in [0.717, 1.165) is 69.0 Å². The number of rotatable bonds is 3. The van der Waals surface area contributed by atoms with Crippen molar-refractivity contribution < 1.29 is 9.32 Å². The van der Waals surface area contributed by atoms with Crippen molar-refractivity contribution in [3.05, 3.63) is 29.2 Å². The molecule has 1 aliphatic carbocycles. The van der Waals surface area contributed by atoms with Gasteiger partial charge in [0, 0.05) is 31.5 Å². The first-order valence-corrected chi connectivity index (χ1v) is 9.51. The lowest BCUT2D eigenvalue weighted by Gasteiger charge is -2.23. The molecule has 1 atom stereocenters. The first-order valence-electron chi connectivity index (χ1n) is 9.51. The van der Waals surface area contributed by atoms with Crippen LogP contribution in [0.25, 0.3) is 0 Å². The summed E-state index contributed by atoms with van der Waals surface area (Å²) in [5.41, 5.74) is 0.435. The molecule has 0 aromatic carbocycles. The number of hydrogen-bond donors (Lipinski definition) is 0. The monoisotopic (exact) mass is 341 g/mol. The molecule has 2 aromatic heterocycles. The van der Waals surface area contributed by atoms with Gasteiger partial charge in [0.05, 0.1) is 6.04 Å². The van der Waals surface area contributed by atoms with E-state index in [4.69, 9.17) is 4.52 Å². The summed E-state index contributed by atoms with van der Waals surface area (Å²) in [6.45, 7) is 1.71. The third kappa shape index (κ3) is 2.65. The molecule has 25 heavy (non-hydrogen) atoms. The largest absolute Gasteiger partial charge is 0.360 e. The fourth-order valence-corrected chi connectivity index (χ4v) is 4.13. The van der Waals surface area contributed by atoms with Crippen LogP contribution in [0.1, 0.15) is 84.8 Å². The highest BCUT2D eigenvalue weighted by atomic mass is 16.5. The van der Waals surface area contributed by atoms with E-state index in [9.17, 15) is 4.79 Å². The van der Waals surface area contributed by atoms with Crippen molar-refractivity contribution in [3.63, 3.8) is 0 Å². The summed E-state index contributed by atoms with van der Waals surface area (Å²) in [6.07, 6.45) is 8.77. The van der Waals surface area contributed by atoms with E-state index in [1.54, 1.807) is 0 Å². The van der Waals surface area contributed by atoms with Crippen LogP contribution in [0, 0.1) is 0 Å². The first-order chi connectivity index (χ1) is 12.3. The first kappa shape index (κ1) is 15.1. The Morgan fingerprint density at radius 2 is 2.00 bits per heavy atom. The van der Waals surface area contributed by atoms with Gasteiger partial charge >= 0.3 is 0 Å². The zero-order chi connectivity index (χ0) is 16.8. The van der Waals surface area contributed by atoms with Gasteiger partial charge in [-0.1, -0.05) is 11.6 Å². The number of hydrogen-bond acceptors (Lipinski definition) is 5. The zero-order valence-corrected chi connectivity index (χ0v) is 14.4. The highest BCUT2D eigenvalue weighted by molar-refractivity contribution is 5.92. The molecule has 0 radical (unpaired) electrons. The molecule has 1 saturated carbocycles. The Kier molecular flexibility index (Phi) is 3.60. The maximum absolute atomic E-state index is 13.0. The molecule has 7 nitrogen and oxygen atoms in total. The molecular formula is C18H23N5O2. The van der Waals surface area contributed by atoms with E-state index in [1.165, 1.54) is 12.8 Å². The van der Waals surface area contributed by atoms with E-state index >= 15 is 0 Å². The van der Waals surface area contributed by atoms with Gasteiger partial charge in [-0.05, 0) is 38.5 Å². The van der Waals surface area contributed by atoms with Gasteiger partial charge in [-0.15, -0.1) is 10.2 Å². The van der Waals surface area contributed by atoms with Crippen molar-refractivity contribution >= 4 is 5.91 Å². The molecule has 1 saturated heterocycles. The van der Waals surface area contributed by atoms with Gasteiger partial charge in [-0.3, -0.25) is 4.79 Å². The Morgan fingerprint density at radius 3 is 2.88 bits per heavy atom. The van der Waals surface area contributed by atoms with E-state index in [2.05, 4.69) is 19.9 Å². The maximum atomic E-state index is 13.0. The van der Waals surface area contributed by atoms with Crippen molar-refractivity contribution in [3.8, 4) is 0 Å². The van der Waals surface area contributed by atoms with Gasteiger partial charge in [0.2, 0.25) is 0 Å². The molecule has 7 heteroatoms. The fraction of sp³-hybridized carbons (Fsp3) is 0.667. The van der Waals surface area contributed by atoms with E-state index in [0.29, 0.717) is 11.6 Å². The van der Waals surface area contributed by atoms with E-state index < -0.39 is 0 Å². The zero-order valence-electron chi connectivity index (χ0n) is 14.4.